The molecule has 2 aromatic carbocycles. The third-order valence-corrected chi connectivity index (χ3v) is 5.87. The highest BCUT2D eigenvalue weighted by Gasteiger charge is 2.16. The molecule has 0 aliphatic carbocycles. The first kappa shape index (κ1) is 19.8. The number of hydrogen-bond acceptors (Lipinski definition) is 4. The number of hydrogen-bond donors (Lipinski definition) is 2. The number of rotatable bonds is 6. The van der Waals surface area contributed by atoms with Crippen molar-refractivity contribution in [2.75, 3.05) is 5.32 Å². The van der Waals surface area contributed by atoms with E-state index in [1.165, 1.54) is 33.4 Å². The van der Waals surface area contributed by atoms with Crippen LogP contribution in [0.5, 0.6) is 0 Å². The second-order valence-electron chi connectivity index (χ2n) is 6.76. The quantitative estimate of drug-likeness (QED) is 0.655. The highest BCUT2D eigenvalue weighted by atomic mass is 32.2. The van der Waals surface area contributed by atoms with Crippen molar-refractivity contribution in [2.45, 2.75) is 31.3 Å². The molecule has 1 aromatic heterocycles. The van der Waals surface area contributed by atoms with Crippen molar-refractivity contribution in [1.29, 1.82) is 0 Å². The summed E-state index contributed by atoms with van der Waals surface area (Å²) in [7, 11) is -1.94. The molecule has 148 valence electrons. The summed E-state index contributed by atoms with van der Waals surface area (Å²) in [6, 6.07) is 12.9. The number of sulfonamides is 1. The minimum absolute atomic E-state index is 0.115. The molecule has 28 heavy (non-hydrogen) atoms. The van der Waals surface area contributed by atoms with Crippen LogP contribution in [-0.2, 0) is 28.4 Å². The Bertz CT molecular complexity index is 1170. The number of carbonyl (C=O) groups excluding carboxylic acids is 1. The zero-order valence-electron chi connectivity index (χ0n) is 15.8. The van der Waals surface area contributed by atoms with E-state index in [4.69, 9.17) is 0 Å². The van der Waals surface area contributed by atoms with Gasteiger partial charge in [-0.15, -0.1) is 0 Å². The number of fused-ring (bicyclic) bond motifs is 1. The summed E-state index contributed by atoms with van der Waals surface area (Å²) in [6.07, 6.45) is 0. The lowest BCUT2D eigenvalue weighted by Crippen LogP contribution is -2.30. The molecular weight excluding hydrogens is 380 g/mol. The number of nitrogens with zero attached hydrogens (tertiary/aromatic N) is 2. The lowest BCUT2D eigenvalue weighted by atomic mass is 10.3. The van der Waals surface area contributed by atoms with Gasteiger partial charge in [-0.3, -0.25) is 13.9 Å². The van der Waals surface area contributed by atoms with Crippen molar-refractivity contribution < 1.29 is 13.2 Å². The van der Waals surface area contributed by atoms with E-state index in [0.29, 0.717) is 11.2 Å². The van der Waals surface area contributed by atoms with E-state index in [9.17, 15) is 18.0 Å². The average molecular weight is 402 g/mol. The molecule has 9 heteroatoms. The Morgan fingerprint density at radius 3 is 2.25 bits per heavy atom. The number of carbonyl (C=O) groups is 1. The van der Waals surface area contributed by atoms with E-state index in [1.807, 2.05) is 12.1 Å². The first-order valence-corrected chi connectivity index (χ1v) is 10.2. The van der Waals surface area contributed by atoms with Crippen molar-refractivity contribution in [3.8, 4) is 0 Å². The summed E-state index contributed by atoms with van der Waals surface area (Å²) in [4.78, 5) is 24.9. The summed E-state index contributed by atoms with van der Waals surface area (Å²) in [5.74, 6) is -0.380. The van der Waals surface area contributed by atoms with Gasteiger partial charge in [0, 0.05) is 18.8 Å². The molecule has 0 spiro atoms. The molecule has 0 bridgehead atoms. The molecule has 8 nitrogen and oxygen atoms in total. The maximum Gasteiger partial charge on any atom is 0.329 e. The van der Waals surface area contributed by atoms with Gasteiger partial charge in [0.2, 0.25) is 15.9 Å². The van der Waals surface area contributed by atoms with Crippen LogP contribution < -0.4 is 15.7 Å². The Morgan fingerprint density at radius 2 is 1.64 bits per heavy atom. The number of benzene rings is 2. The first-order valence-electron chi connectivity index (χ1n) is 8.75. The van der Waals surface area contributed by atoms with Gasteiger partial charge in [0.15, 0.2) is 0 Å². The van der Waals surface area contributed by atoms with Gasteiger partial charge in [-0.2, -0.15) is 0 Å². The van der Waals surface area contributed by atoms with Gasteiger partial charge in [-0.1, -0.05) is 12.1 Å². The molecule has 3 aromatic rings. The van der Waals surface area contributed by atoms with Crippen LogP contribution in [0.2, 0.25) is 0 Å². The number of aromatic nitrogens is 2. The zero-order chi connectivity index (χ0) is 20.5. The van der Waals surface area contributed by atoms with E-state index in [1.54, 1.807) is 33.0 Å². The van der Waals surface area contributed by atoms with Crippen LogP contribution in [0.4, 0.5) is 5.69 Å². The standard InChI is InChI=1S/C19H22N4O4S/c1-13(2)21-28(26,27)15-10-8-14(9-11-15)20-18(24)12-23-17-7-5-4-6-16(17)22(3)19(23)25/h4-11,13,21H,12H2,1-3H3,(H,20,24). The largest absolute Gasteiger partial charge is 0.329 e. The molecule has 0 unspecified atom stereocenters. The smallest absolute Gasteiger partial charge is 0.325 e. The Labute approximate surface area is 162 Å². The number of imidazole rings is 1. The minimum Gasteiger partial charge on any atom is -0.325 e. The van der Waals surface area contributed by atoms with Crippen LogP contribution in [0.3, 0.4) is 0 Å². The van der Waals surface area contributed by atoms with E-state index < -0.39 is 10.0 Å². The fourth-order valence-corrected chi connectivity index (χ4v) is 4.21. The van der Waals surface area contributed by atoms with Gasteiger partial charge < -0.3 is 5.32 Å². The van der Waals surface area contributed by atoms with Gasteiger partial charge >= 0.3 is 5.69 Å². The SMILES string of the molecule is CC(C)NS(=O)(=O)c1ccc(NC(=O)Cn2c(=O)n(C)c3ccccc32)cc1. The second kappa shape index (κ2) is 7.61. The van der Waals surface area contributed by atoms with Gasteiger partial charge in [0.1, 0.15) is 6.54 Å². The predicted molar refractivity (Wildman–Crippen MR) is 108 cm³/mol. The molecule has 1 heterocycles. The van der Waals surface area contributed by atoms with Crippen molar-refractivity contribution in [2.24, 2.45) is 7.05 Å². The summed E-state index contributed by atoms with van der Waals surface area (Å²) in [5.41, 5.74) is 1.58. The molecule has 0 radical (unpaired) electrons. The van der Waals surface area contributed by atoms with Gasteiger partial charge in [-0.05, 0) is 50.2 Å². The summed E-state index contributed by atoms with van der Waals surface area (Å²) >= 11 is 0. The normalized spacial score (nSPS) is 11.9. The Kier molecular flexibility index (Phi) is 5.39. The van der Waals surface area contributed by atoms with Crippen molar-refractivity contribution in [1.82, 2.24) is 13.9 Å². The van der Waals surface area contributed by atoms with Crippen LogP contribution in [0, 0.1) is 0 Å². The Balaban J connectivity index is 1.76. The van der Waals surface area contributed by atoms with E-state index in [-0.39, 0.29) is 29.1 Å². The molecule has 1 amide bonds. The maximum atomic E-state index is 12.4. The van der Waals surface area contributed by atoms with Crippen LogP contribution in [0.1, 0.15) is 13.8 Å². The lowest BCUT2D eigenvalue weighted by molar-refractivity contribution is -0.116. The lowest BCUT2D eigenvalue weighted by Gasteiger charge is -2.10. The fourth-order valence-electron chi connectivity index (χ4n) is 2.96. The van der Waals surface area contributed by atoms with E-state index >= 15 is 0 Å². The molecule has 0 saturated heterocycles. The summed E-state index contributed by atoms with van der Waals surface area (Å²) in [5, 5.41) is 2.69. The zero-order valence-corrected chi connectivity index (χ0v) is 16.7. The monoisotopic (exact) mass is 402 g/mol. The predicted octanol–water partition coefficient (Wildman–Crippen LogP) is 1.67. The van der Waals surface area contributed by atoms with Crippen LogP contribution in [0.15, 0.2) is 58.2 Å². The van der Waals surface area contributed by atoms with Gasteiger partial charge in [0.25, 0.3) is 0 Å². The van der Waals surface area contributed by atoms with Crippen molar-refractivity contribution >= 4 is 32.7 Å². The van der Waals surface area contributed by atoms with E-state index in [2.05, 4.69) is 10.0 Å². The van der Waals surface area contributed by atoms with Crippen LogP contribution >= 0.6 is 0 Å². The van der Waals surface area contributed by atoms with Crippen molar-refractivity contribution in [3.63, 3.8) is 0 Å². The molecule has 3 rings (SSSR count). The Hall–Kier alpha value is -2.91. The number of anilines is 1. The highest BCUT2D eigenvalue weighted by molar-refractivity contribution is 7.89. The number of nitrogens with one attached hydrogen (secondary N) is 2. The minimum atomic E-state index is -3.59. The molecule has 2 N–H and O–H groups in total. The number of para-hydroxylation sites is 2. The second-order valence-corrected chi connectivity index (χ2v) is 8.48. The van der Waals surface area contributed by atoms with Crippen LogP contribution in [0.25, 0.3) is 11.0 Å². The van der Waals surface area contributed by atoms with Gasteiger partial charge in [-0.25, -0.2) is 17.9 Å². The third kappa shape index (κ3) is 4.00. The average Bonchev–Trinajstić information content (AvgIpc) is 2.86. The number of amides is 1. The van der Waals surface area contributed by atoms with Gasteiger partial charge in [0.05, 0.1) is 15.9 Å². The topological polar surface area (TPSA) is 102 Å². The molecule has 0 saturated carbocycles. The summed E-state index contributed by atoms with van der Waals surface area (Å²) in [6.45, 7) is 3.33. The number of aryl methyl sites for hydroxylation is 1. The highest BCUT2D eigenvalue weighted by Crippen LogP contribution is 2.15. The van der Waals surface area contributed by atoms with Crippen molar-refractivity contribution in [3.05, 3.63) is 59.0 Å². The third-order valence-electron chi connectivity index (χ3n) is 4.19. The maximum absolute atomic E-state index is 12.4. The Morgan fingerprint density at radius 1 is 1.04 bits per heavy atom. The molecular formula is C19H22N4O4S. The fraction of sp³-hybridized carbons (Fsp3) is 0.263. The molecule has 0 fully saturated rings. The van der Waals surface area contributed by atoms with E-state index in [0.717, 1.165) is 5.52 Å². The molecule has 0 aliphatic heterocycles. The molecule has 0 aliphatic rings. The van der Waals surface area contributed by atoms with Crippen LogP contribution in [-0.4, -0.2) is 29.5 Å². The first-order chi connectivity index (χ1) is 13.2. The summed E-state index contributed by atoms with van der Waals surface area (Å²) < 4.78 is 29.7. The molecule has 0 atom stereocenters.